The highest BCUT2D eigenvalue weighted by atomic mass is 19.1. The Morgan fingerprint density at radius 2 is 1.92 bits per heavy atom. The number of hydrogen-bond donors (Lipinski definition) is 0. The molecule has 0 aromatic heterocycles. The number of amides is 1. The third-order valence-corrected chi connectivity index (χ3v) is 4.25. The minimum Gasteiger partial charge on any atom is -0.372 e. The Labute approximate surface area is 144 Å². The molecule has 1 heterocycles. The van der Waals surface area contributed by atoms with Gasteiger partial charge in [0.2, 0.25) is 0 Å². The molecular weight excluding hydrogens is 331 g/mol. The van der Waals surface area contributed by atoms with Crippen molar-refractivity contribution in [1.82, 2.24) is 4.90 Å². The Morgan fingerprint density at radius 1 is 1.12 bits per heavy atom. The van der Waals surface area contributed by atoms with E-state index in [0.717, 1.165) is 18.2 Å². The van der Waals surface area contributed by atoms with E-state index >= 15 is 0 Å². The lowest BCUT2D eigenvalue weighted by atomic mass is 10.1. The van der Waals surface area contributed by atoms with Crippen LogP contribution in [0.5, 0.6) is 0 Å². The summed E-state index contributed by atoms with van der Waals surface area (Å²) in [7, 11) is 0. The van der Waals surface area contributed by atoms with Gasteiger partial charge in [0.15, 0.2) is 0 Å². The molecule has 132 valence electrons. The van der Waals surface area contributed by atoms with Crippen LogP contribution in [0.1, 0.15) is 28.8 Å². The van der Waals surface area contributed by atoms with Gasteiger partial charge >= 0.3 is 0 Å². The van der Waals surface area contributed by atoms with Crippen LogP contribution in [0, 0.1) is 17.5 Å². The second kappa shape index (κ2) is 7.70. The Hall–Kier alpha value is -2.34. The normalized spacial score (nSPS) is 17.6. The van der Waals surface area contributed by atoms with Crippen molar-refractivity contribution in [2.75, 3.05) is 13.1 Å². The van der Waals surface area contributed by atoms with Crippen molar-refractivity contribution < 1.29 is 22.7 Å². The van der Waals surface area contributed by atoms with Crippen LogP contribution in [0.15, 0.2) is 42.5 Å². The van der Waals surface area contributed by atoms with E-state index in [1.165, 1.54) is 23.1 Å². The maximum atomic E-state index is 13.8. The number of halogens is 3. The molecule has 1 amide bonds. The number of rotatable bonds is 4. The number of carbonyl (C=O) groups is 1. The monoisotopic (exact) mass is 349 g/mol. The Balaban J connectivity index is 1.62. The quantitative estimate of drug-likeness (QED) is 0.837. The summed E-state index contributed by atoms with van der Waals surface area (Å²) in [4.78, 5) is 14.0. The number of nitrogens with zero attached hydrogens (tertiary/aromatic N) is 1. The van der Waals surface area contributed by atoms with Crippen molar-refractivity contribution in [3.63, 3.8) is 0 Å². The molecule has 1 aliphatic rings. The van der Waals surface area contributed by atoms with E-state index in [9.17, 15) is 18.0 Å². The van der Waals surface area contributed by atoms with Gasteiger partial charge in [-0.3, -0.25) is 4.79 Å². The second-order valence-electron chi connectivity index (χ2n) is 6.04. The third kappa shape index (κ3) is 4.20. The summed E-state index contributed by atoms with van der Waals surface area (Å²) in [6, 6.07) is 9.04. The van der Waals surface area contributed by atoms with Gasteiger partial charge in [-0.05, 0) is 43.2 Å². The van der Waals surface area contributed by atoms with Crippen molar-refractivity contribution >= 4 is 5.91 Å². The standard InChI is InChI=1S/C19H18F3NO2/c20-14-7-8-17(21)13(10-14)12-25-15-4-3-9-23(11-15)19(24)16-5-1-2-6-18(16)22/h1-2,5-8,10,15H,3-4,9,11-12H2/t15-/m0/s1. The minimum absolute atomic E-state index is 0.0272. The molecule has 0 aliphatic carbocycles. The molecule has 0 radical (unpaired) electrons. The van der Waals surface area contributed by atoms with Gasteiger partial charge in [0.1, 0.15) is 17.5 Å². The molecule has 0 unspecified atom stereocenters. The molecule has 0 spiro atoms. The Bertz CT molecular complexity index is 766. The van der Waals surface area contributed by atoms with Crippen molar-refractivity contribution in [2.24, 2.45) is 0 Å². The molecule has 3 nitrogen and oxygen atoms in total. The molecule has 3 rings (SSSR count). The average Bonchev–Trinajstić information content (AvgIpc) is 2.62. The van der Waals surface area contributed by atoms with E-state index in [1.54, 1.807) is 6.07 Å². The zero-order valence-corrected chi connectivity index (χ0v) is 13.6. The molecule has 2 aromatic rings. The highest BCUT2D eigenvalue weighted by Gasteiger charge is 2.26. The van der Waals surface area contributed by atoms with Gasteiger partial charge in [0.05, 0.1) is 18.3 Å². The van der Waals surface area contributed by atoms with Gasteiger partial charge in [-0.1, -0.05) is 12.1 Å². The number of likely N-dealkylation sites (tertiary alicyclic amines) is 1. The van der Waals surface area contributed by atoms with Crippen LogP contribution in [-0.2, 0) is 11.3 Å². The predicted octanol–water partition coefficient (Wildman–Crippen LogP) is 3.93. The number of carbonyl (C=O) groups excluding carboxylic acids is 1. The lowest BCUT2D eigenvalue weighted by Crippen LogP contribution is -2.43. The molecule has 1 aliphatic heterocycles. The predicted molar refractivity (Wildman–Crippen MR) is 86.5 cm³/mol. The summed E-state index contributed by atoms with van der Waals surface area (Å²) in [5.41, 5.74) is 0.164. The van der Waals surface area contributed by atoms with Crippen molar-refractivity contribution in [3.05, 3.63) is 71.0 Å². The number of benzene rings is 2. The first-order chi connectivity index (χ1) is 12.0. The number of piperidine rings is 1. The first-order valence-electron chi connectivity index (χ1n) is 8.14. The molecule has 0 N–H and O–H groups in total. The maximum Gasteiger partial charge on any atom is 0.256 e. The fourth-order valence-electron chi connectivity index (χ4n) is 2.93. The van der Waals surface area contributed by atoms with E-state index in [-0.39, 0.29) is 29.7 Å². The maximum absolute atomic E-state index is 13.8. The second-order valence-corrected chi connectivity index (χ2v) is 6.04. The molecule has 1 fully saturated rings. The highest BCUT2D eigenvalue weighted by molar-refractivity contribution is 5.94. The van der Waals surface area contributed by atoms with Crippen LogP contribution in [0.3, 0.4) is 0 Å². The van der Waals surface area contributed by atoms with E-state index in [4.69, 9.17) is 4.74 Å². The van der Waals surface area contributed by atoms with Crippen LogP contribution in [0.25, 0.3) is 0 Å². The summed E-state index contributed by atoms with van der Waals surface area (Å²) in [6.07, 6.45) is 1.11. The fraction of sp³-hybridized carbons (Fsp3) is 0.316. The van der Waals surface area contributed by atoms with Crippen LogP contribution < -0.4 is 0 Å². The Kier molecular flexibility index (Phi) is 5.38. The SMILES string of the molecule is O=C(c1ccccc1F)N1CCC[C@H](OCc2cc(F)ccc2F)C1. The van der Waals surface area contributed by atoms with Gasteiger partial charge in [0, 0.05) is 18.7 Å². The molecule has 2 aromatic carbocycles. The van der Waals surface area contributed by atoms with E-state index in [2.05, 4.69) is 0 Å². The smallest absolute Gasteiger partial charge is 0.256 e. The van der Waals surface area contributed by atoms with E-state index in [0.29, 0.717) is 25.9 Å². The Morgan fingerprint density at radius 3 is 2.72 bits per heavy atom. The average molecular weight is 349 g/mol. The van der Waals surface area contributed by atoms with Crippen LogP contribution in [0.2, 0.25) is 0 Å². The first kappa shape index (κ1) is 17.5. The highest BCUT2D eigenvalue weighted by Crippen LogP contribution is 2.19. The van der Waals surface area contributed by atoms with E-state index < -0.39 is 17.5 Å². The first-order valence-corrected chi connectivity index (χ1v) is 8.14. The number of ether oxygens (including phenoxy) is 1. The van der Waals surface area contributed by atoms with Gasteiger partial charge in [-0.2, -0.15) is 0 Å². The summed E-state index contributed by atoms with van der Waals surface area (Å²) in [6.45, 7) is 0.738. The third-order valence-electron chi connectivity index (χ3n) is 4.25. The molecule has 1 atom stereocenters. The summed E-state index contributed by atoms with van der Waals surface area (Å²) >= 11 is 0. The molecule has 25 heavy (non-hydrogen) atoms. The molecule has 6 heteroatoms. The van der Waals surface area contributed by atoms with Gasteiger partial charge in [-0.25, -0.2) is 13.2 Å². The lowest BCUT2D eigenvalue weighted by Gasteiger charge is -2.32. The van der Waals surface area contributed by atoms with Gasteiger partial charge in [0.25, 0.3) is 5.91 Å². The summed E-state index contributed by atoms with van der Waals surface area (Å²) in [5, 5.41) is 0. The molecule has 0 bridgehead atoms. The number of hydrogen-bond acceptors (Lipinski definition) is 2. The molecular formula is C19H18F3NO2. The minimum atomic E-state index is -0.558. The van der Waals surface area contributed by atoms with Crippen molar-refractivity contribution in [3.8, 4) is 0 Å². The molecule has 0 saturated carbocycles. The van der Waals surface area contributed by atoms with Crippen LogP contribution >= 0.6 is 0 Å². The van der Waals surface area contributed by atoms with Crippen LogP contribution in [0.4, 0.5) is 13.2 Å². The summed E-state index contributed by atoms with van der Waals surface area (Å²) < 4.78 is 46.3. The fourth-order valence-corrected chi connectivity index (χ4v) is 2.93. The lowest BCUT2D eigenvalue weighted by molar-refractivity contribution is -0.00781. The van der Waals surface area contributed by atoms with Crippen LogP contribution in [-0.4, -0.2) is 30.0 Å². The summed E-state index contributed by atoms with van der Waals surface area (Å²) in [5.74, 6) is -2.00. The van der Waals surface area contributed by atoms with Gasteiger partial charge < -0.3 is 9.64 Å². The van der Waals surface area contributed by atoms with Crippen molar-refractivity contribution in [2.45, 2.75) is 25.6 Å². The topological polar surface area (TPSA) is 29.5 Å². The molecule has 1 saturated heterocycles. The van der Waals surface area contributed by atoms with Crippen molar-refractivity contribution in [1.29, 1.82) is 0 Å². The zero-order chi connectivity index (χ0) is 17.8. The largest absolute Gasteiger partial charge is 0.372 e. The van der Waals surface area contributed by atoms with E-state index in [1.807, 2.05) is 0 Å². The van der Waals surface area contributed by atoms with Gasteiger partial charge in [-0.15, -0.1) is 0 Å². The zero-order valence-electron chi connectivity index (χ0n) is 13.6.